The average molecular weight is 411 g/mol. The summed E-state index contributed by atoms with van der Waals surface area (Å²) >= 11 is 0. The predicted octanol–water partition coefficient (Wildman–Crippen LogP) is 3.97. The first kappa shape index (κ1) is 20.5. The SMILES string of the molecule is CCCc1cc(N2CCC(NCC3CC3)C2)nc(Nc2ccc(C)c([N+](=O)[O-])c2)n1. The number of aromatic nitrogens is 2. The summed E-state index contributed by atoms with van der Waals surface area (Å²) in [6.07, 6.45) is 5.71. The molecule has 2 heterocycles. The molecule has 0 amide bonds. The minimum Gasteiger partial charge on any atom is -0.355 e. The number of nitro benzene ring substituents is 1. The lowest BCUT2D eigenvalue weighted by Crippen LogP contribution is -2.34. The monoisotopic (exact) mass is 410 g/mol. The quantitative estimate of drug-likeness (QED) is 0.477. The van der Waals surface area contributed by atoms with Gasteiger partial charge in [0.25, 0.3) is 5.69 Å². The van der Waals surface area contributed by atoms with Crippen molar-refractivity contribution in [2.75, 3.05) is 29.9 Å². The number of hydrogen-bond donors (Lipinski definition) is 2. The maximum atomic E-state index is 11.3. The van der Waals surface area contributed by atoms with E-state index in [-0.39, 0.29) is 10.6 Å². The molecule has 1 atom stereocenters. The second-order valence-electron chi connectivity index (χ2n) is 8.46. The number of hydrogen-bond acceptors (Lipinski definition) is 7. The Morgan fingerprint density at radius 2 is 2.07 bits per heavy atom. The third kappa shape index (κ3) is 5.05. The molecule has 30 heavy (non-hydrogen) atoms. The summed E-state index contributed by atoms with van der Waals surface area (Å²) in [5, 5.41) is 18.1. The van der Waals surface area contributed by atoms with Gasteiger partial charge in [-0.3, -0.25) is 10.1 Å². The van der Waals surface area contributed by atoms with Crippen LogP contribution in [0.5, 0.6) is 0 Å². The van der Waals surface area contributed by atoms with Crippen LogP contribution in [0.15, 0.2) is 24.3 Å². The van der Waals surface area contributed by atoms with Crippen molar-refractivity contribution in [1.82, 2.24) is 15.3 Å². The fourth-order valence-corrected chi connectivity index (χ4v) is 3.89. The Balaban J connectivity index is 1.51. The summed E-state index contributed by atoms with van der Waals surface area (Å²) < 4.78 is 0. The van der Waals surface area contributed by atoms with E-state index in [2.05, 4.69) is 33.5 Å². The lowest BCUT2D eigenvalue weighted by atomic mass is 10.2. The third-order valence-corrected chi connectivity index (χ3v) is 5.84. The van der Waals surface area contributed by atoms with Crippen LogP contribution in [0.3, 0.4) is 0 Å². The highest BCUT2D eigenvalue weighted by atomic mass is 16.6. The number of benzene rings is 1. The van der Waals surface area contributed by atoms with Crippen molar-refractivity contribution in [3.63, 3.8) is 0 Å². The van der Waals surface area contributed by atoms with E-state index in [0.717, 1.165) is 56.3 Å². The van der Waals surface area contributed by atoms with Crippen LogP contribution in [0.4, 0.5) is 23.1 Å². The third-order valence-electron chi connectivity index (χ3n) is 5.84. The molecule has 160 valence electrons. The van der Waals surface area contributed by atoms with E-state index < -0.39 is 0 Å². The summed E-state index contributed by atoms with van der Waals surface area (Å²) in [7, 11) is 0. The van der Waals surface area contributed by atoms with Gasteiger partial charge in [0, 0.05) is 48.2 Å². The standard InChI is InChI=1S/C22H30N6O2/c1-3-4-17-12-21(27-10-9-19(14-27)23-13-16-6-7-16)26-22(24-17)25-18-8-5-15(2)20(11-18)28(29)30/h5,8,11-12,16,19,23H,3-4,6-7,9-10,13-14H2,1-2H3,(H,24,25,26). The smallest absolute Gasteiger partial charge is 0.274 e. The first-order valence-electron chi connectivity index (χ1n) is 10.9. The zero-order chi connectivity index (χ0) is 21.1. The molecule has 4 rings (SSSR count). The normalized spacial score (nSPS) is 18.6. The van der Waals surface area contributed by atoms with E-state index in [4.69, 9.17) is 4.98 Å². The van der Waals surface area contributed by atoms with Crippen molar-refractivity contribution in [2.45, 2.75) is 52.0 Å². The van der Waals surface area contributed by atoms with Gasteiger partial charge in [-0.25, -0.2) is 4.98 Å². The lowest BCUT2D eigenvalue weighted by Gasteiger charge is -2.20. The first-order valence-corrected chi connectivity index (χ1v) is 10.9. The molecule has 1 saturated carbocycles. The minimum atomic E-state index is -0.362. The number of rotatable bonds is 9. The summed E-state index contributed by atoms with van der Waals surface area (Å²) in [6, 6.07) is 7.69. The van der Waals surface area contributed by atoms with Gasteiger partial charge in [0.1, 0.15) is 5.82 Å². The predicted molar refractivity (Wildman–Crippen MR) is 118 cm³/mol. The van der Waals surface area contributed by atoms with E-state index in [1.54, 1.807) is 19.1 Å². The second kappa shape index (κ2) is 8.95. The molecule has 2 aromatic rings. The van der Waals surface area contributed by atoms with Crippen LogP contribution >= 0.6 is 0 Å². The Morgan fingerprint density at radius 1 is 1.23 bits per heavy atom. The fourth-order valence-electron chi connectivity index (χ4n) is 3.89. The molecule has 1 aromatic carbocycles. The molecule has 0 radical (unpaired) electrons. The van der Waals surface area contributed by atoms with Crippen LogP contribution in [0, 0.1) is 23.0 Å². The van der Waals surface area contributed by atoms with Crippen molar-refractivity contribution in [1.29, 1.82) is 0 Å². The van der Waals surface area contributed by atoms with E-state index in [0.29, 0.717) is 23.2 Å². The molecule has 2 fully saturated rings. The Bertz CT molecular complexity index is 914. The van der Waals surface area contributed by atoms with Crippen molar-refractivity contribution in [3.8, 4) is 0 Å². The van der Waals surface area contributed by atoms with Gasteiger partial charge < -0.3 is 15.5 Å². The summed E-state index contributed by atoms with van der Waals surface area (Å²) in [6.45, 7) is 6.92. The number of anilines is 3. The number of aryl methyl sites for hydroxylation is 2. The zero-order valence-corrected chi connectivity index (χ0v) is 17.7. The Kier molecular flexibility index (Phi) is 6.13. The largest absolute Gasteiger partial charge is 0.355 e. The van der Waals surface area contributed by atoms with E-state index in [1.165, 1.54) is 12.8 Å². The van der Waals surface area contributed by atoms with Gasteiger partial charge in [-0.2, -0.15) is 4.98 Å². The highest BCUT2D eigenvalue weighted by Gasteiger charge is 2.27. The van der Waals surface area contributed by atoms with Gasteiger partial charge in [0.05, 0.1) is 4.92 Å². The van der Waals surface area contributed by atoms with Crippen molar-refractivity contribution in [3.05, 3.63) is 45.6 Å². The number of nitro groups is 1. The molecule has 1 saturated heterocycles. The van der Waals surface area contributed by atoms with Gasteiger partial charge in [-0.1, -0.05) is 19.4 Å². The highest BCUT2D eigenvalue weighted by Crippen LogP contribution is 2.29. The summed E-state index contributed by atoms with van der Waals surface area (Å²) in [5.41, 5.74) is 2.33. The summed E-state index contributed by atoms with van der Waals surface area (Å²) in [4.78, 5) is 22.6. The van der Waals surface area contributed by atoms with Crippen LogP contribution in [0.2, 0.25) is 0 Å². The minimum absolute atomic E-state index is 0.0917. The van der Waals surface area contributed by atoms with Crippen LogP contribution in [0.1, 0.15) is 43.9 Å². The summed E-state index contributed by atoms with van der Waals surface area (Å²) in [5.74, 6) is 2.29. The Morgan fingerprint density at radius 3 is 2.80 bits per heavy atom. The molecular formula is C22H30N6O2. The van der Waals surface area contributed by atoms with Crippen LogP contribution in [0.25, 0.3) is 0 Å². The second-order valence-corrected chi connectivity index (χ2v) is 8.46. The van der Waals surface area contributed by atoms with E-state index >= 15 is 0 Å². The first-order chi connectivity index (χ1) is 14.5. The van der Waals surface area contributed by atoms with Crippen molar-refractivity contribution in [2.24, 2.45) is 5.92 Å². The van der Waals surface area contributed by atoms with Crippen LogP contribution in [-0.4, -0.2) is 40.6 Å². The molecule has 8 nitrogen and oxygen atoms in total. The van der Waals surface area contributed by atoms with E-state index in [9.17, 15) is 10.1 Å². The molecule has 1 unspecified atom stereocenters. The van der Waals surface area contributed by atoms with Gasteiger partial charge in [0.15, 0.2) is 0 Å². The van der Waals surface area contributed by atoms with Crippen molar-refractivity contribution < 1.29 is 4.92 Å². The molecule has 1 aliphatic heterocycles. The molecule has 1 aliphatic carbocycles. The van der Waals surface area contributed by atoms with Crippen molar-refractivity contribution >= 4 is 23.1 Å². The Hall–Kier alpha value is -2.74. The number of nitrogens with zero attached hydrogens (tertiary/aromatic N) is 4. The van der Waals surface area contributed by atoms with Gasteiger partial charge in [-0.15, -0.1) is 0 Å². The lowest BCUT2D eigenvalue weighted by molar-refractivity contribution is -0.385. The van der Waals surface area contributed by atoms with Gasteiger partial charge in [0.2, 0.25) is 5.95 Å². The van der Waals surface area contributed by atoms with Crippen LogP contribution in [-0.2, 0) is 6.42 Å². The molecule has 0 spiro atoms. The zero-order valence-electron chi connectivity index (χ0n) is 17.7. The van der Waals surface area contributed by atoms with Gasteiger partial charge >= 0.3 is 0 Å². The maximum absolute atomic E-state index is 11.3. The molecular weight excluding hydrogens is 380 g/mol. The van der Waals surface area contributed by atoms with E-state index in [1.807, 2.05) is 6.07 Å². The average Bonchev–Trinajstić information content (AvgIpc) is 3.43. The van der Waals surface area contributed by atoms with Crippen LogP contribution < -0.4 is 15.5 Å². The molecule has 2 N–H and O–H groups in total. The number of nitrogens with one attached hydrogen (secondary N) is 2. The molecule has 1 aromatic heterocycles. The Labute approximate surface area is 177 Å². The molecule has 8 heteroatoms. The highest BCUT2D eigenvalue weighted by molar-refractivity contribution is 5.61. The molecule has 0 bridgehead atoms. The molecule has 2 aliphatic rings. The maximum Gasteiger partial charge on any atom is 0.274 e. The fraction of sp³-hybridized carbons (Fsp3) is 0.545. The van der Waals surface area contributed by atoms with Gasteiger partial charge in [-0.05, 0) is 51.1 Å². The topological polar surface area (TPSA) is 96.2 Å².